The van der Waals surface area contributed by atoms with Gasteiger partial charge in [0.1, 0.15) is 17.0 Å². The summed E-state index contributed by atoms with van der Waals surface area (Å²) in [5.41, 5.74) is 3.62. The van der Waals surface area contributed by atoms with E-state index in [2.05, 4.69) is 42.2 Å². The van der Waals surface area contributed by atoms with Gasteiger partial charge in [0.25, 0.3) is 0 Å². The highest BCUT2D eigenvalue weighted by Crippen LogP contribution is 2.38. The van der Waals surface area contributed by atoms with E-state index in [9.17, 15) is 4.79 Å². The average Bonchev–Trinajstić information content (AvgIpc) is 3.18. The molecule has 2 aromatic carbocycles. The first kappa shape index (κ1) is 19.1. The van der Waals surface area contributed by atoms with Crippen molar-refractivity contribution < 1.29 is 9.53 Å². The van der Waals surface area contributed by atoms with Crippen LogP contribution in [0.1, 0.15) is 35.0 Å². The number of methoxy groups -OCH3 is 1. The number of aromatic nitrogens is 1. The fraction of sp³-hybridized carbons (Fsp3) is 0.391. The lowest BCUT2D eigenvalue weighted by Gasteiger charge is -2.37. The largest absolute Gasteiger partial charge is 0.497 e. The van der Waals surface area contributed by atoms with Crippen molar-refractivity contribution in [1.29, 1.82) is 0 Å². The van der Waals surface area contributed by atoms with Crippen LogP contribution in [0, 0.1) is 12.8 Å². The molecule has 2 unspecified atom stereocenters. The van der Waals surface area contributed by atoms with Gasteiger partial charge in [-0.3, -0.25) is 4.90 Å². The number of benzene rings is 2. The molecule has 1 aliphatic rings. The number of likely N-dealkylation sites (tertiary alicyclic amines) is 1. The third-order valence-electron chi connectivity index (χ3n) is 5.72. The molecule has 0 bridgehead atoms. The number of ether oxygens (including phenoxy) is 1. The number of thiazole rings is 1. The normalized spacial score (nSPS) is 20.4. The molecule has 0 amide bonds. The predicted octanol–water partition coefficient (Wildman–Crippen LogP) is 4.81. The summed E-state index contributed by atoms with van der Waals surface area (Å²) >= 11 is 1.78. The fourth-order valence-corrected chi connectivity index (χ4v) is 5.19. The maximum Gasteiger partial charge on any atom is 0.123 e. The molecule has 2 atom stereocenters. The molecule has 0 radical (unpaired) electrons. The van der Waals surface area contributed by atoms with E-state index in [1.165, 1.54) is 15.8 Å². The molecule has 28 heavy (non-hydrogen) atoms. The van der Waals surface area contributed by atoms with E-state index in [0.717, 1.165) is 54.9 Å². The van der Waals surface area contributed by atoms with Gasteiger partial charge in [-0.05, 0) is 62.1 Å². The van der Waals surface area contributed by atoms with Crippen molar-refractivity contribution in [1.82, 2.24) is 9.88 Å². The molecule has 1 aromatic heterocycles. The predicted molar refractivity (Wildman–Crippen MR) is 114 cm³/mol. The molecule has 146 valence electrons. The van der Waals surface area contributed by atoms with Crippen LogP contribution in [0.4, 0.5) is 0 Å². The summed E-state index contributed by atoms with van der Waals surface area (Å²) in [6.45, 7) is 4.03. The van der Waals surface area contributed by atoms with Crippen molar-refractivity contribution in [2.24, 2.45) is 5.92 Å². The van der Waals surface area contributed by atoms with E-state index in [1.807, 2.05) is 12.1 Å². The van der Waals surface area contributed by atoms with E-state index < -0.39 is 0 Å². The number of aldehydes is 1. The Bertz CT molecular complexity index is 951. The van der Waals surface area contributed by atoms with E-state index in [-0.39, 0.29) is 12.0 Å². The van der Waals surface area contributed by atoms with E-state index in [4.69, 9.17) is 9.72 Å². The van der Waals surface area contributed by atoms with Gasteiger partial charge < -0.3 is 9.53 Å². The van der Waals surface area contributed by atoms with Crippen molar-refractivity contribution in [3.05, 3.63) is 58.6 Å². The number of aryl methyl sites for hydroxylation is 1. The van der Waals surface area contributed by atoms with E-state index in [1.54, 1.807) is 18.4 Å². The second kappa shape index (κ2) is 8.41. The van der Waals surface area contributed by atoms with Gasteiger partial charge in [0.2, 0.25) is 0 Å². The van der Waals surface area contributed by atoms with Crippen molar-refractivity contribution >= 4 is 27.8 Å². The highest BCUT2D eigenvalue weighted by Gasteiger charge is 2.31. The van der Waals surface area contributed by atoms with Crippen LogP contribution in [0.3, 0.4) is 0 Å². The van der Waals surface area contributed by atoms with Gasteiger partial charge in [0.05, 0.1) is 23.4 Å². The van der Waals surface area contributed by atoms with Crippen LogP contribution in [0.25, 0.3) is 10.2 Å². The van der Waals surface area contributed by atoms with Gasteiger partial charge in [-0.25, -0.2) is 4.98 Å². The van der Waals surface area contributed by atoms with Gasteiger partial charge in [0.15, 0.2) is 0 Å². The Morgan fingerprint density at radius 3 is 2.79 bits per heavy atom. The molecule has 5 heteroatoms. The zero-order valence-electron chi connectivity index (χ0n) is 16.4. The number of fused-ring (bicyclic) bond motifs is 1. The van der Waals surface area contributed by atoms with Gasteiger partial charge in [-0.2, -0.15) is 0 Å². The van der Waals surface area contributed by atoms with Crippen LogP contribution in [-0.2, 0) is 11.2 Å². The molecule has 2 heterocycles. The number of hydrogen-bond acceptors (Lipinski definition) is 5. The molecule has 3 aromatic rings. The molecule has 0 saturated carbocycles. The molecule has 1 fully saturated rings. The van der Waals surface area contributed by atoms with Crippen LogP contribution in [0.15, 0.2) is 42.5 Å². The molecule has 1 saturated heterocycles. The monoisotopic (exact) mass is 394 g/mol. The van der Waals surface area contributed by atoms with Crippen LogP contribution < -0.4 is 4.74 Å². The van der Waals surface area contributed by atoms with Gasteiger partial charge in [-0.1, -0.05) is 24.3 Å². The Labute approximate surface area is 170 Å². The van der Waals surface area contributed by atoms with Crippen molar-refractivity contribution in [2.45, 2.75) is 32.2 Å². The first-order valence-corrected chi connectivity index (χ1v) is 10.7. The standard InChI is InChI=1S/C23H26N2O2S/c1-16-4-3-5-21-22(16)24-23(28-21)20-14-18(15-26)11-13-25(20)12-10-17-6-8-19(27-2)9-7-17/h3-9,15,18,20H,10-14H2,1-2H3. The summed E-state index contributed by atoms with van der Waals surface area (Å²) in [6, 6.07) is 14.9. The number of hydrogen-bond donors (Lipinski definition) is 0. The zero-order chi connectivity index (χ0) is 19.5. The van der Waals surface area contributed by atoms with E-state index in [0.29, 0.717) is 0 Å². The quantitative estimate of drug-likeness (QED) is 0.563. The molecule has 0 N–H and O–H groups in total. The molecule has 0 spiro atoms. The second-order valence-electron chi connectivity index (χ2n) is 7.54. The Kier molecular flexibility index (Phi) is 5.74. The number of piperidine rings is 1. The smallest absolute Gasteiger partial charge is 0.123 e. The number of para-hydroxylation sites is 1. The maximum atomic E-state index is 11.5. The van der Waals surface area contributed by atoms with Gasteiger partial charge in [0, 0.05) is 12.5 Å². The third kappa shape index (κ3) is 3.96. The Balaban J connectivity index is 1.55. The maximum absolute atomic E-state index is 11.5. The fourth-order valence-electron chi connectivity index (χ4n) is 4.00. The van der Waals surface area contributed by atoms with E-state index >= 15 is 0 Å². The Hall–Kier alpha value is -2.24. The molecule has 4 nitrogen and oxygen atoms in total. The third-order valence-corrected chi connectivity index (χ3v) is 6.84. The SMILES string of the molecule is COc1ccc(CCN2CCC(C=O)CC2c2nc3c(C)cccc3s2)cc1. The number of nitrogens with zero attached hydrogens (tertiary/aromatic N) is 2. The second-order valence-corrected chi connectivity index (χ2v) is 8.61. The first-order chi connectivity index (χ1) is 13.7. The lowest BCUT2D eigenvalue weighted by atomic mass is 9.92. The zero-order valence-corrected chi connectivity index (χ0v) is 17.2. The Morgan fingerprint density at radius 1 is 1.25 bits per heavy atom. The molecule has 4 rings (SSSR count). The summed E-state index contributed by atoms with van der Waals surface area (Å²) in [5, 5.41) is 1.14. The van der Waals surface area contributed by atoms with Crippen molar-refractivity contribution in [2.75, 3.05) is 20.2 Å². The highest BCUT2D eigenvalue weighted by molar-refractivity contribution is 7.18. The van der Waals surface area contributed by atoms with Crippen LogP contribution >= 0.6 is 11.3 Å². The van der Waals surface area contributed by atoms with Crippen molar-refractivity contribution in [3.8, 4) is 5.75 Å². The number of rotatable bonds is 6. The van der Waals surface area contributed by atoms with Crippen LogP contribution in [0.5, 0.6) is 5.75 Å². The summed E-state index contributed by atoms with van der Waals surface area (Å²) < 4.78 is 6.49. The lowest BCUT2D eigenvalue weighted by molar-refractivity contribution is -0.113. The summed E-state index contributed by atoms with van der Waals surface area (Å²) in [6.07, 6.45) is 3.92. The van der Waals surface area contributed by atoms with Crippen LogP contribution in [0.2, 0.25) is 0 Å². The average molecular weight is 395 g/mol. The summed E-state index contributed by atoms with van der Waals surface area (Å²) in [5.74, 6) is 1.02. The molecule has 1 aliphatic heterocycles. The highest BCUT2D eigenvalue weighted by atomic mass is 32.1. The lowest BCUT2D eigenvalue weighted by Crippen LogP contribution is -2.38. The first-order valence-electron chi connectivity index (χ1n) is 9.86. The van der Waals surface area contributed by atoms with Gasteiger partial charge >= 0.3 is 0 Å². The minimum Gasteiger partial charge on any atom is -0.497 e. The summed E-state index contributed by atoms with van der Waals surface area (Å²) in [7, 11) is 1.69. The topological polar surface area (TPSA) is 42.4 Å². The van der Waals surface area contributed by atoms with Gasteiger partial charge in [-0.15, -0.1) is 11.3 Å². The Morgan fingerprint density at radius 2 is 2.07 bits per heavy atom. The van der Waals surface area contributed by atoms with Crippen LogP contribution in [-0.4, -0.2) is 36.4 Å². The summed E-state index contributed by atoms with van der Waals surface area (Å²) in [4.78, 5) is 19.0. The molecular weight excluding hydrogens is 368 g/mol. The molecule has 0 aliphatic carbocycles. The minimum atomic E-state index is 0.135. The molecular formula is C23H26N2O2S. The number of carbonyl (C=O) groups is 1. The van der Waals surface area contributed by atoms with Crippen molar-refractivity contribution in [3.63, 3.8) is 0 Å². The number of carbonyl (C=O) groups excluding carboxylic acids is 1. The minimum absolute atomic E-state index is 0.135.